The maximum absolute atomic E-state index is 11.1. The molecule has 0 atom stereocenters. The van der Waals surface area contributed by atoms with Crippen LogP contribution in [0.4, 0.5) is 5.69 Å². The van der Waals surface area contributed by atoms with Crippen LogP contribution in [0.5, 0.6) is 11.5 Å². The second-order valence-electron chi connectivity index (χ2n) is 6.60. The molecular weight excluding hydrogens is 527 g/mol. The molecule has 2 aromatic carbocycles. The average Bonchev–Trinajstić information content (AvgIpc) is 2.80. The van der Waals surface area contributed by atoms with Crippen molar-refractivity contribution in [2.75, 3.05) is 34.0 Å². The Bertz CT molecular complexity index is 862. The molecule has 0 heterocycles. The molecule has 2 aromatic rings. The van der Waals surface area contributed by atoms with E-state index in [0.29, 0.717) is 50.1 Å². The van der Waals surface area contributed by atoms with E-state index >= 15 is 0 Å². The summed E-state index contributed by atoms with van der Waals surface area (Å²) in [6, 6.07) is 12.2. The van der Waals surface area contributed by atoms with Gasteiger partial charge in [0, 0.05) is 44.0 Å². The van der Waals surface area contributed by atoms with Gasteiger partial charge in [-0.25, -0.2) is 4.99 Å². The fourth-order valence-corrected chi connectivity index (χ4v) is 2.80. The van der Waals surface area contributed by atoms with Gasteiger partial charge in [-0.15, -0.1) is 24.0 Å². The number of rotatable bonds is 12. The Morgan fingerprint density at radius 1 is 1.09 bits per heavy atom. The molecule has 2 rings (SSSR count). The summed E-state index contributed by atoms with van der Waals surface area (Å²) in [5, 5.41) is 17.6. The smallest absolute Gasteiger partial charge is 0.270 e. The Morgan fingerprint density at radius 3 is 2.47 bits per heavy atom. The van der Waals surface area contributed by atoms with Crippen LogP contribution in [0.2, 0.25) is 0 Å². The van der Waals surface area contributed by atoms with Crippen molar-refractivity contribution >= 4 is 35.6 Å². The van der Waals surface area contributed by atoms with Crippen LogP contribution in [0.1, 0.15) is 24.5 Å². The normalized spacial score (nSPS) is 10.8. The fourth-order valence-electron chi connectivity index (χ4n) is 2.80. The molecule has 0 aliphatic carbocycles. The zero-order valence-corrected chi connectivity index (χ0v) is 21.0. The van der Waals surface area contributed by atoms with Crippen molar-refractivity contribution in [3.8, 4) is 11.5 Å². The molecule has 32 heavy (non-hydrogen) atoms. The van der Waals surface area contributed by atoms with Crippen molar-refractivity contribution < 1.29 is 19.1 Å². The summed E-state index contributed by atoms with van der Waals surface area (Å²) in [4.78, 5) is 15.3. The lowest BCUT2D eigenvalue weighted by molar-refractivity contribution is -0.384. The third-order valence-electron chi connectivity index (χ3n) is 4.46. The molecule has 0 bridgehead atoms. The minimum atomic E-state index is -0.423. The maximum Gasteiger partial charge on any atom is 0.270 e. The number of ether oxygens (including phenoxy) is 3. The van der Waals surface area contributed by atoms with Crippen molar-refractivity contribution in [1.82, 2.24) is 10.6 Å². The number of methoxy groups -OCH3 is 2. The highest BCUT2D eigenvalue weighted by Crippen LogP contribution is 2.23. The van der Waals surface area contributed by atoms with Crippen LogP contribution < -0.4 is 20.1 Å². The van der Waals surface area contributed by atoms with E-state index in [9.17, 15) is 10.1 Å². The maximum atomic E-state index is 11.1. The summed E-state index contributed by atoms with van der Waals surface area (Å²) in [7, 11) is 3.17. The highest BCUT2D eigenvalue weighted by molar-refractivity contribution is 14.0. The molecule has 0 unspecified atom stereocenters. The standard InChI is InChI=1S/C22H30N4O5.HI/c1-4-31-13-5-12-23-22(24-15-17-6-9-20(29-2)10-7-17)25-16-18-14-19(26(27)28)8-11-21(18)30-3;/h6-11,14H,4-5,12-13,15-16H2,1-3H3,(H2,23,24,25);1H. The Kier molecular flexibility index (Phi) is 13.1. The van der Waals surface area contributed by atoms with E-state index in [-0.39, 0.29) is 29.7 Å². The van der Waals surface area contributed by atoms with E-state index in [0.717, 1.165) is 17.7 Å². The molecule has 0 spiro atoms. The zero-order valence-electron chi connectivity index (χ0n) is 18.6. The lowest BCUT2D eigenvalue weighted by Crippen LogP contribution is -2.38. The van der Waals surface area contributed by atoms with Crippen LogP contribution in [0.15, 0.2) is 47.5 Å². The number of halogens is 1. The summed E-state index contributed by atoms with van der Waals surface area (Å²) in [5.41, 5.74) is 1.72. The van der Waals surface area contributed by atoms with Crippen LogP contribution in [-0.2, 0) is 17.8 Å². The SMILES string of the molecule is CCOCCCNC(=NCc1ccc(OC)cc1)NCc1cc([N+](=O)[O-])ccc1OC.I. The van der Waals surface area contributed by atoms with Gasteiger partial charge in [0.2, 0.25) is 0 Å². The number of nitro benzene ring substituents is 1. The monoisotopic (exact) mass is 558 g/mol. The minimum absolute atomic E-state index is 0. The Morgan fingerprint density at radius 2 is 1.84 bits per heavy atom. The number of benzene rings is 2. The number of nitrogens with one attached hydrogen (secondary N) is 2. The molecule has 0 aliphatic rings. The van der Waals surface area contributed by atoms with Gasteiger partial charge in [0.1, 0.15) is 11.5 Å². The third kappa shape index (κ3) is 9.27. The number of hydrogen-bond donors (Lipinski definition) is 2. The molecule has 0 radical (unpaired) electrons. The summed E-state index contributed by atoms with van der Waals surface area (Å²) < 4.78 is 15.9. The van der Waals surface area contributed by atoms with Crippen LogP contribution in [-0.4, -0.2) is 44.9 Å². The first kappa shape index (κ1) is 27.4. The number of aliphatic imine (C=N–C) groups is 1. The second-order valence-corrected chi connectivity index (χ2v) is 6.60. The van der Waals surface area contributed by atoms with E-state index in [2.05, 4.69) is 15.6 Å². The van der Waals surface area contributed by atoms with Crippen LogP contribution in [0, 0.1) is 10.1 Å². The van der Waals surface area contributed by atoms with Gasteiger partial charge in [-0.3, -0.25) is 10.1 Å². The van der Waals surface area contributed by atoms with Crippen molar-refractivity contribution in [3.63, 3.8) is 0 Å². The first-order valence-corrected chi connectivity index (χ1v) is 10.1. The molecule has 9 nitrogen and oxygen atoms in total. The molecule has 10 heteroatoms. The molecule has 0 aliphatic heterocycles. The third-order valence-corrected chi connectivity index (χ3v) is 4.46. The Hall–Kier alpha value is -2.60. The predicted molar refractivity (Wildman–Crippen MR) is 135 cm³/mol. The van der Waals surface area contributed by atoms with Gasteiger partial charge in [-0.05, 0) is 37.1 Å². The number of hydrogen-bond acceptors (Lipinski definition) is 6. The van der Waals surface area contributed by atoms with Gasteiger partial charge in [-0.1, -0.05) is 12.1 Å². The number of nitro groups is 1. The van der Waals surface area contributed by atoms with Gasteiger partial charge in [-0.2, -0.15) is 0 Å². The van der Waals surface area contributed by atoms with Crippen molar-refractivity contribution in [1.29, 1.82) is 0 Å². The van der Waals surface area contributed by atoms with Crippen molar-refractivity contribution in [2.45, 2.75) is 26.4 Å². The molecule has 0 amide bonds. The van der Waals surface area contributed by atoms with Crippen LogP contribution in [0.3, 0.4) is 0 Å². The molecule has 176 valence electrons. The summed E-state index contributed by atoms with van der Waals surface area (Å²) in [6.45, 7) is 4.78. The number of non-ortho nitro benzene ring substituents is 1. The van der Waals surface area contributed by atoms with Gasteiger partial charge >= 0.3 is 0 Å². The van der Waals surface area contributed by atoms with E-state index in [1.54, 1.807) is 13.2 Å². The minimum Gasteiger partial charge on any atom is -0.497 e. The van der Waals surface area contributed by atoms with Gasteiger partial charge in [0.25, 0.3) is 5.69 Å². The molecular formula is C22H31IN4O5. The first-order chi connectivity index (χ1) is 15.1. The lowest BCUT2D eigenvalue weighted by atomic mass is 10.1. The van der Waals surface area contributed by atoms with E-state index < -0.39 is 4.92 Å². The highest BCUT2D eigenvalue weighted by Gasteiger charge is 2.12. The summed E-state index contributed by atoms with van der Waals surface area (Å²) >= 11 is 0. The van der Waals surface area contributed by atoms with Crippen LogP contribution in [0.25, 0.3) is 0 Å². The second kappa shape index (κ2) is 15.2. The topological polar surface area (TPSA) is 107 Å². The average molecular weight is 558 g/mol. The highest BCUT2D eigenvalue weighted by atomic mass is 127. The molecule has 0 fully saturated rings. The van der Waals surface area contributed by atoms with Gasteiger partial charge in [0.05, 0.1) is 25.7 Å². The molecule has 0 saturated heterocycles. The molecule has 0 aromatic heterocycles. The summed E-state index contributed by atoms with van der Waals surface area (Å²) in [5.74, 6) is 1.96. The number of nitrogens with zero attached hydrogens (tertiary/aromatic N) is 2. The largest absolute Gasteiger partial charge is 0.497 e. The Balaban J connectivity index is 0.00000512. The molecule has 0 saturated carbocycles. The zero-order chi connectivity index (χ0) is 22.5. The van der Waals surface area contributed by atoms with Crippen LogP contribution >= 0.6 is 24.0 Å². The van der Waals surface area contributed by atoms with Gasteiger partial charge < -0.3 is 24.8 Å². The quantitative estimate of drug-likeness (QED) is 0.102. The fraction of sp³-hybridized carbons (Fsp3) is 0.409. The van der Waals surface area contributed by atoms with E-state index in [1.165, 1.54) is 19.2 Å². The predicted octanol–water partition coefficient (Wildman–Crippen LogP) is 3.89. The Labute approximate surface area is 205 Å². The molecule has 2 N–H and O–H groups in total. The van der Waals surface area contributed by atoms with E-state index in [4.69, 9.17) is 14.2 Å². The van der Waals surface area contributed by atoms with E-state index in [1.807, 2.05) is 31.2 Å². The van der Waals surface area contributed by atoms with Crippen molar-refractivity contribution in [2.24, 2.45) is 4.99 Å². The first-order valence-electron chi connectivity index (χ1n) is 10.1. The lowest BCUT2D eigenvalue weighted by Gasteiger charge is -2.14. The van der Waals surface area contributed by atoms with Gasteiger partial charge in [0.15, 0.2) is 5.96 Å². The van der Waals surface area contributed by atoms with Crippen molar-refractivity contribution in [3.05, 3.63) is 63.7 Å². The summed E-state index contributed by atoms with van der Waals surface area (Å²) in [6.07, 6.45) is 0.831. The number of guanidine groups is 1.